The Hall–Kier alpha value is -1.39. The van der Waals surface area contributed by atoms with Crippen molar-refractivity contribution in [2.24, 2.45) is 0 Å². The number of hydrogen-bond acceptors (Lipinski definition) is 4. The van der Waals surface area contributed by atoms with Gasteiger partial charge in [0.1, 0.15) is 11.9 Å². The van der Waals surface area contributed by atoms with Crippen molar-refractivity contribution in [1.82, 2.24) is 0 Å². The predicted octanol–water partition coefficient (Wildman–Crippen LogP) is 1.43. The lowest BCUT2D eigenvalue weighted by atomic mass is 9.85. The molecule has 2 unspecified atom stereocenters. The Morgan fingerprint density at radius 3 is 3.06 bits per heavy atom. The van der Waals surface area contributed by atoms with Crippen molar-refractivity contribution in [2.75, 3.05) is 0 Å². The van der Waals surface area contributed by atoms with E-state index in [1.54, 1.807) is 25.1 Å². The average molecular weight is 220 g/mol. The largest absolute Gasteiger partial charge is 0.465 e. The zero-order chi connectivity index (χ0) is 11.3. The maximum Gasteiger partial charge on any atom is 0.197 e. The number of carbonyl (C=O) groups is 1. The highest BCUT2D eigenvalue weighted by Gasteiger charge is 2.40. The number of benzene rings is 1. The fourth-order valence-electron chi connectivity index (χ4n) is 2.35. The van der Waals surface area contributed by atoms with Gasteiger partial charge >= 0.3 is 0 Å². The molecule has 0 radical (unpaired) electrons. The number of ketones is 1. The molecule has 4 heteroatoms. The van der Waals surface area contributed by atoms with Crippen LogP contribution in [-0.2, 0) is 4.74 Å². The van der Waals surface area contributed by atoms with Gasteiger partial charge in [0, 0.05) is 17.5 Å². The molecule has 0 bridgehead atoms. The molecule has 1 aliphatic heterocycles. The van der Waals surface area contributed by atoms with Crippen LogP contribution in [0.3, 0.4) is 0 Å². The molecule has 0 aromatic heterocycles. The summed E-state index contributed by atoms with van der Waals surface area (Å²) in [5.74, 6) is 0.593. The summed E-state index contributed by atoms with van der Waals surface area (Å²) in [7, 11) is 0. The van der Waals surface area contributed by atoms with E-state index >= 15 is 0 Å². The van der Waals surface area contributed by atoms with Crippen molar-refractivity contribution < 1.29 is 19.4 Å². The molecule has 0 spiro atoms. The van der Waals surface area contributed by atoms with Crippen LogP contribution in [0.2, 0.25) is 0 Å². The highest BCUT2D eigenvalue weighted by atomic mass is 16.7. The average Bonchev–Trinajstić information content (AvgIpc) is 2.25. The normalized spacial score (nSPS) is 31.9. The molecule has 0 fully saturated rings. The van der Waals surface area contributed by atoms with Crippen molar-refractivity contribution in [3.05, 3.63) is 29.3 Å². The number of aliphatic hydroxyl groups is 1. The van der Waals surface area contributed by atoms with E-state index in [1.165, 1.54) is 0 Å². The fourth-order valence-corrected chi connectivity index (χ4v) is 2.35. The Kier molecular flexibility index (Phi) is 2.02. The molecule has 1 aliphatic carbocycles. The van der Waals surface area contributed by atoms with E-state index in [9.17, 15) is 9.90 Å². The summed E-state index contributed by atoms with van der Waals surface area (Å²) in [6, 6.07) is 5.35. The predicted molar refractivity (Wildman–Crippen MR) is 55.3 cm³/mol. The number of rotatable bonds is 0. The molecule has 3 rings (SSSR count). The summed E-state index contributed by atoms with van der Waals surface area (Å²) in [5.41, 5.74) is 1.31. The molecule has 3 atom stereocenters. The quantitative estimate of drug-likeness (QED) is 0.718. The zero-order valence-corrected chi connectivity index (χ0v) is 8.84. The minimum absolute atomic E-state index is 0.0534. The molecule has 1 aromatic rings. The molecular formula is C12H12O4. The highest BCUT2D eigenvalue weighted by molar-refractivity contribution is 5.99. The van der Waals surface area contributed by atoms with Crippen molar-refractivity contribution in [3.63, 3.8) is 0 Å². The van der Waals surface area contributed by atoms with Gasteiger partial charge in [-0.2, -0.15) is 0 Å². The lowest BCUT2D eigenvalue weighted by molar-refractivity contribution is -0.164. The van der Waals surface area contributed by atoms with Crippen LogP contribution in [0, 0.1) is 0 Å². The van der Waals surface area contributed by atoms with Gasteiger partial charge in [0.2, 0.25) is 0 Å². The van der Waals surface area contributed by atoms with E-state index < -0.39 is 18.5 Å². The SMILES string of the molecule is CC1Oc2cccc3c2C(O1)[C@@H](O)CC3=O. The smallest absolute Gasteiger partial charge is 0.197 e. The van der Waals surface area contributed by atoms with E-state index in [4.69, 9.17) is 9.47 Å². The molecule has 1 aromatic carbocycles. The second kappa shape index (κ2) is 3.30. The Morgan fingerprint density at radius 2 is 2.25 bits per heavy atom. The summed E-state index contributed by atoms with van der Waals surface area (Å²) in [5, 5.41) is 9.86. The molecule has 16 heavy (non-hydrogen) atoms. The number of ether oxygens (including phenoxy) is 2. The minimum Gasteiger partial charge on any atom is -0.465 e. The summed E-state index contributed by atoms with van der Waals surface area (Å²) in [4.78, 5) is 11.7. The van der Waals surface area contributed by atoms with Gasteiger partial charge in [-0.25, -0.2) is 0 Å². The first-order chi connectivity index (χ1) is 7.66. The lowest BCUT2D eigenvalue weighted by Crippen LogP contribution is -2.38. The summed E-state index contributed by atoms with van der Waals surface area (Å²) in [6.45, 7) is 1.78. The van der Waals surface area contributed by atoms with Gasteiger partial charge in [-0.05, 0) is 13.0 Å². The van der Waals surface area contributed by atoms with Crippen LogP contribution in [0.5, 0.6) is 5.75 Å². The molecule has 84 valence electrons. The Balaban J connectivity index is 2.20. The first-order valence-electron chi connectivity index (χ1n) is 5.33. The monoisotopic (exact) mass is 220 g/mol. The van der Waals surface area contributed by atoms with Crippen LogP contribution < -0.4 is 4.74 Å². The maximum atomic E-state index is 11.7. The lowest BCUT2D eigenvalue weighted by Gasteiger charge is -2.37. The van der Waals surface area contributed by atoms with Gasteiger partial charge < -0.3 is 14.6 Å². The van der Waals surface area contributed by atoms with Crippen LogP contribution >= 0.6 is 0 Å². The topological polar surface area (TPSA) is 55.8 Å². The Morgan fingerprint density at radius 1 is 1.44 bits per heavy atom. The van der Waals surface area contributed by atoms with Crippen molar-refractivity contribution >= 4 is 5.78 Å². The van der Waals surface area contributed by atoms with Gasteiger partial charge in [0.05, 0.1) is 6.10 Å². The minimum atomic E-state index is -0.771. The number of Topliss-reactive ketones (excluding diaryl/α,β-unsaturated/α-hetero) is 1. The molecule has 1 N–H and O–H groups in total. The van der Waals surface area contributed by atoms with E-state index in [-0.39, 0.29) is 12.2 Å². The van der Waals surface area contributed by atoms with E-state index in [0.29, 0.717) is 16.9 Å². The summed E-state index contributed by atoms with van der Waals surface area (Å²) < 4.78 is 11.0. The number of carbonyl (C=O) groups excluding carboxylic acids is 1. The van der Waals surface area contributed by atoms with Crippen LogP contribution in [0.15, 0.2) is 18.2 Å². The molecule has 0 saturated heterocycles. The van der Waals surface area contributed by atoms with Gasteiger partial charge in [-0.3, -0.25) is 4.79 Å². The second-order valence-electron chi connectivity index (χ2n) is 4.15. The molecule has 2 aliphatic rings. The van der Waals surface area contributed by atoms with Crippen LogP contribution in [0.25, 0.3) is 0 Å². The molecule has 0 amide bonds. The Bertz CT molecular complexity index is 454. The summed E-state index contributed by atoms with van der Waals surface area (Å²) in [6.07, 6.45) is -1.48. The number of hydrogen-bond donors (Lipinski definition) is 1. The van der Waals surface area contributed by atoms with Crippen LogP contribution in [0.1, 0.15) is 35.4 Å². The zero-order valence-electron chi connectivity index (χ0n) is 8.84. The third-order valence-electron chi connectivity index (χ3n) is 3.03. The van der Waals surface area contributed by atoms with Crippen molar-refractivity contribution in [1.29, 1.82) is 0 Å². The molecule has 1 heterocycles. The van der Waals surface area contributed by atoms with Crippen LogP contribution in [-0.4, -0.2) is 23.3 Å². The third kappa shape index (κ3) is 1.27. The van der Waals surface area contributed by atoms with Crippen molar-refractivity contribution in [3.8, 4) is 5.75 Å². The van der Waals surface area contributed by atoms with E-state index in [2.05, 4.69) is 0 Å². The van der Waals surface area contributed by atoms with Gasteiger partial charge in [-0.15, -0.1) is 0 Å². The van der Waals surface area contributed by atoms with Crippen LogP contribution in [0.4, 0.5) is 0 Å². The standard InChI is InChI=1S/C12H12O4/c1-6-15-10-4-2-3-7-8(13)5-9(14)12(16-6)11(7)10/h2-4,6,9,12,14H,5H2,1H3/t6?,9-,12?/m0/s1. The highest BCUT2D eigenvalue weighted by Crippen LogP contribution is 2.42. The summed E-state index contributed by atoms with van der Waals surface area (Å²) >= 11 is 0. The van der Waals surface area contributed by atoms with E-state index in [0.717, 1.165) is 0 Å². The Labute approximate surface area is 92.8 Å². The molecule has 4 nitrogen and oxygen atoms in total. The van der Waals surface area contributed by atoms with Crippen molar-refractivity contribution in [2.45, 2.75) is 31.8 Å². The van der Waals surface area contributed by atoms with Gasteiger partial charge in [0.25, 0.3) is 0 Å². The molecule has 0 saturated carbocycles. The second-order valence-corrected chi connectivity index (χ2v) is 4.15. The van der Waals surface area contributed by atoms with E-state index in [1.807, 2.05) is 0 Å². The third-order valence-corrected chi connectivity index (χ3v) is 3.03. The fraction of sp³-hybridized carbons (Fsp3) is 0.417. The van der Waals surface area contributed by atoms with Gasteiger partial charge in [-0.1, -0.05) is 12.1 Å². The first-order valence-corrected chi connectivity index (χ1v) is 5.33. The molecular weight excluding hydrogens is 208 g/mol. The first kappa shape index (κ1) is 9.81. The maximum absolute atomic E-state index is 11.7. The van der Waals surface area contributed by atoms with Gasteiger partial charge in [0.15, 0.2) is 12.1 Å². The number of aliphatic hydroxyl groups excluding tert-OH is 1.